The molecule has 0 fully saturated rings. The van der Waals surface area contributed by atoms with E-state index in [1.165, 1.54) is 70.2 Å². The molecule has 3 rings (SSSR count). The quantitative estimate of drug-likeness (QED) is 0.105. The number of rotatable bonds is 20. The average Bonchev–Trinajstić information content (AvgIpc) is 3.40. The van der Waals surface area contributed by atoms with E-state index in [0.717, 1.165) is 109 Å². The number of aliphatic hydroxyl groups is 2. The molecule has 0 saturated carbocycles. The van der Waals surface area contributed by atoms with Crippen LogP contribution in [-0.4, -0.2) is 29.1 Å². The van der Waals surface area contributed by atoms with Gasteiger partial charge in [0, 0.05) is 47.4 Å². The molecule has 0 radical (unpaired) electrons. The maximum Gasteiger partial charge on any atom is 0.215 e. The van der Waals surface area contributed by atoms with Crippen molar-refractivity contribution in [2.75, 3.05) is 14.2 Å². The molecule has 2 aromatic rings. The molecule has 0 saturated heterocycles. The molecule has 0 bridgehead atoms. The van der Waals surface area contributed by atoms with Crippen LogP contribution in [-0.2, 0) is 55.0 Å². The van der Waals surface area contributed by atoms with Crippen molar-refractivity contribution in [3.63, 3.8) is 0 Å². The second-order valence-electron chi connectivity index (χ2n) is 13.2. The van der Waals surface area contributed by atoms with Gasteiger partial charge >= 0.3 is 0 Å². The second kappa shape index (κ2) is 27.3. The van der Waals surface area contributed by atoms with Crippen molar-refractivity contribution in [1.29, 1.82) is 0 Å². The molecule has 0 atom stereocenters. The van der Waals surface area contributed by atoms with Crippen molar-refractivity contribution in [2.45, 2.75) is 165 Å². The van der Waals surface area contributed by atoms with Crippen LogP contribution >= 0.6 is 0 Å². The topological polar surface area (TPSA) is 65.8 Å². The van der Waals surface area contributed by atoms with Crippen LogP contribution in [0.2, 0.25) is 0 Å². The largest absolute Gasteiger partial charge is 0.493 e. The predicted molar refractivity (Wildman–Crippen MR) is 214 cm³/mol. The molecule has 50 heavy (non-hydrogen) atoms. The molecule has 0 amide bonds. The van der Waals surface area contributed by atoms with Gasteiger partial charge in [0.05, 0.1) is 5.57 Å². The van der Waals surface area contributed by atoms with E-state index in [4.69, 9.17) is 10.2 Å². The van der Waals surface area contributed by atoms with Crippen LogP contribution in [0.15, 0.2) is 47.6 Å². The summed E-state index contributed by atoms with van der Waals surface area (Å²) in [5.74, 6) is 0. The van der Waals surface area contributed by atoms with E-state index in [1.54, 1.807) is 15.8 Å². The predicted octanol–water partition coefficient (Wildman–Crippen LogP) is 12.3. The SMILES string of the molecule is CCCC=CC1=C(c2cc(CCC)c(CCCC)c(CCC)c2)[N+](=[N-])C(c2cc(CCC)c(CCCC)c(CCC)c2)=C1CC.CO.CO.[Ni]. The zero-order chi connectivity index (χ0) is 36.8. The summed E-state index contributed by atoms with van der Waals surface area (Å²) in [6, 6.07) is 9.71. The summed E-state index contributed by atoms with van der Waals surface area (Å²) in [5.41, 5.74) is 28.2. The van der Waals surface area contributed by atoms with E-state index in [-0.39, 0.29) is 16.5 Å². The average molecular weight is 732 g/mol. The molecule has 2 aromatic carbocycles. The van der Waals surface area contributed by atoms with Crippen LogP contribution < -0.4 is 0 Å². The van der Waals surface area contributed by atoms with Crippen molar-refractivity contribution in [2.24, 2.45) is 0 Å². The Morgan fingerprint density at radius 2 is 0.920 bits per heavy atom. The Kier molecular flexibility index (Phi) is 26.1. The summed E-state index contributed by atoms with van der Waals surface area (Å²) < 4.78 is 1.59. The number of benzene rings is 2. The van der Waals surface area contributed by atoms with E-state index < -0.39 is 0 Å². The molecule has 5 heteroatoms. The zero-order valence-electron chi connectivity index (χ0n) is 33.6. The molecular weight excluding hydrogens is 659 g/mol. The third kappa shape index (κ3) is 12.7. The van der Waals surface area contributed by atoms with Crippen LogP contribution in [0.5, 0.6) is 0 Å². The van der Waals surface area contributed by atoms with Gasteiger partial charge < -0.3 is 15.7 Å². The van der Waals surface area contributed by atoms with Gasteiger partial charge in [-0.3, -0.25) is 0 Å². The fourth-order valence-corrected chi connectivity index (χ4v) is 7.29. The molecule has 1 aliphatic heterocycles. The van der Waals surface area contributed by atoms with Gasteiger partial charge in [0.25, 0.3) is 0 Å². The Labute approximate surface area is 318 Å². The van der Waals surface area contributed by atoms with Crippen LogP contribution in [0.1, 0.15) is 171 Å². The van der Waals surface area contributed by atoms with Gasteiger partial charge in [-0.1, -0.05) is 112 Å². The van der Waals surface area contributed by atoms with E-state index in [1.807, 2.05) is 0 Å². The molecule has 0 aliphatic carbocycles. The Morgan fingerprint density at radius 3 is 1.24 bits per heavy atom. The van der Waals surface area contributed by atoms with Gasteiger partial charge in [0.2, 0.25) is 11.4 Å². The maximum absolute atomic E-state index is 12.4. The van der Waals surface area contributed by atoms with E-state index >= 15 is 0 Å². The second-order valence-corrected chi connectivity index (χ2v) is 13.2. The van der Waals surface area contributed by atoms with Crippen molar-refractivity contribution in [3.8, 4) is 0 Å². The third-order valence-corrected chi connectivity index (χ3v) is 9.44. The first-order chi connectivity index (χ1) is 23.9. The van der Waals surface area contributed by atoms with Crippen LogP contribution in [0.25, 0.3) is 16.9 Å². The van der Waals surface area contributed by atoms with E-state index in [2.05, 4.69) is 91.8 Å². The van der Waals surface area contributed by atoms with Gasteiger partial charge in [0.1, 0.15) is 0 Å². The summed E-state index contributed by atoms with van der Waals surface area (Å²) in [6.45, 7) is 18.3. The first kappa shape index (κ1) is 47.7. The minimum atomic E-state index is 0. The number of aryl methyl sites for hydroxylation is 4. The smallest absolute Gasteiger partial charge is 0.215 e. The molecule has 2 N–H and O–H groups in total. The summed E-state index contributed by atoms with van der Waals surface area (Å²) in [6.07, 6.45) is 23.8. The van der Waals surface area contributed by atoms with Crippen LogP contribution in [0.4, 0.5) is 0 Å². The molecule has 4 nitrogen and oxygen atoms in total. The molecule has 0 aromatic heterocycles. The number of hydrogen-bond donors (Lipinski definition) is 2. The van der Waals surface area contributed by atoms with Crippen LogP contribution in [0.3, 0.4) is 0 Å². The molecule has 1 aliphatic rings. The Hall–Kier alpha value is -2.33. The van der Waals surface area contributed by atoms with E-state index in [0.29, 0.717) is 0 Å². The van der Waals surface area contributed by atoms with Crippen molar-refractivity contribution in [3.05, 3.63) is 97.6 Å². The Morgan fingerprint density at radius 1 is 0.540 bits per heavy atom. The fourth-order valence-electron chi connectivity index (χ4n) is 7.29. The number of allylic oxidation sites excluding steroid dienone is 4. The zero-order valence-corrected chi connectivity index (χ0v) is 34.6. The maximum atomic E-state index is 12.4. The minimum Gasteiger partial charge on any atom is -0.493 e. The van der Waals surface area contributed by atoms with Gasteiger partial charge in [-0.05, 0) is 122 Å². The molecule has 1 heterocycles. The Bertz CT molecular complexity index is 1330. The normalized spacial score (nSPS) is 12.6. The van der Waals surface area contributed by atoms with Crippen molar-refractivity contribution < 1.29 is 31.4 Å². The van der Waals surface area contributed by atoms with E-state index in [9.17, 15) is 5.53 Å². The van der Waals surface area contributed by atoms with Crippen LogP contribution in [0, 0.1) is 0 Å². The monoisotopic (exact) mass is 730 g/mol. The molecular formula is C45H72N2NiO2. The molecule has 0 unspecified atom stereocenters. The number of nitrogens with zero attached hydrogens (tertiary/aromatic N) is 2. The summed E-state index contributed by atoms with van der Waals surface area (Å²) in [5, 5.41) is 14.0. The number of unbranched alkanes of at least 4 members (excludes halogenated alkanes) is 3. The van der Waals surface area contributed by atoms with Crippen molar-refractivity contribution >= 4 is 11.4 Å². The van der Waals surface area contributed by atoms with Gasteiger partial charge in [-0.15, -0.1) is 0 Å². The Balaban J connectivity index is 0.00000463. The fraction of sp³-hybridized carbons (Fsp3) is 0.600. The van der Waals surface area contributed by atoms with Crippen molar-refractivity contribution in [1.82, 2.24) is 0 Å². The van der Waals surface area contributed by atoms with Gasteiger partial charge in [0.15, 0.2) is 0 Å². The molecule has 284 valence electrons. The first-order valence-corrected chi connectivity index (χ1v) is 19.8. The number of aliphatic hydroxyl groups excluding tert-OH is 2. The van der Waals surface area contributed by atoms with Gasteiger partial charge in [-0.25, -0.2) is 4.70 Å². The summed E-state index contributed by atoms with van der Waals surface area (Å²) in [4.78, 5) is 0. The van der Waals surface area contributed by atoms with Gasteiger partial charge in [-0.2, -0.15) is 0 Å². The summed E-state index contributed by atoms with van der Waals surface area (Å²) >= 11 is 0. The minimum absolute atomic E-state index is 0. The third-order valence-electron chi connectivity index (χ3n) is 9.44. The number of hydrogen-bond acceptors (Lipinski definition) is 2. The first-order valence-electron chi connectivity index (χ1n) is 19.8. The summed E-state index contributed by atoms with van der Waals surface area (Å²) in [7, 11) is 2.00. The standard InChI is InChI=1S/C43H64N2.2CH4O.Ni/c1-9-17-20-27-41-38(16-8)42(36-28-32(21-12-4)39(25-18-10-2)33(29-36)22-13-5)45(44)43(41)37-30-34(23-14-6)40(26-19-11-3)35(31-37)24-15-7;2*1-2;/h20,27-31H,9-19,21-26H2,1-8H3;2*2H,1H3;. The molecule has 0 spiro atoms.